The van der Waals surface area contributed by atoms with Gasteiger partial charge in [-0.1, -0.05) is 32.0 Å². The van der Waals surface area contributed by atoms with Crippen LogP contribution in [0.5, 0.6) is 11.5 Å². The minimum absolute atomic E-state index is 0.102. The number of benzene rings is 2. The van der Waals surface area contributed by atoms with Crippen LogP contribution in [0.3, 0.4) is 0 Å². The number of aryl methyl sites for hydroxylation is 1. The Hall–Kier alpha value is -3.02. The number of methoxy groups -OCH3 is 2. The van der Waals surface area contributed by atoms with E-state index in [2.05, 4.69) is 10.6 Å². The molecule has 0 spiro atoms. The van der Waals surface area contributed by atoms with Crippen LogP contribution < -0.4 is 20.1 Å². The maximum Gasteiger partial charge on any atom is 0.252 e. The number of rotatable bonds is 7. The first-order valence-corrected chi connectivity index (χ1v) is 8.76. The van der Waals surface area contributed by atoms with Gasteiger partial charge < -0.3 is 20.1 Å². The molecular weight excluding hydrogens is 344 g/mol. The van der Waals surface area contributed by atoms with Crippen LogP contribution in [0, 0.1) is 12.8 Å². The van der Waals surface area contributed by atoms with E-state index >= 15 is 0 Å². The van der Waals surface area contributed by atoms with Crippen molar-refractivity contribution < 1.29 is 19.1 Å². The van der Waals surface area contributed by atoms with E-state index in [0.717, 1.165) is 5.56 Å². The standard InChI is InChI=1S/C21H26N2O4/c1-13(2)19(23-20(24)16-9-7-6-8-14(16)3)21(25)22-17-12-15(26-4)10-11-18(17)27-5/h6-13,19H,1-5H3,(H,22,25)(H,23,24)/t19-/m0/s1. The van der Waals surface area contributed by atoms with Gasteiger partial charge in [0.1, 0.15) is 17.5 Å². The van der Waals surface area contributed by atoms with Crippen LogP contribution in [0.1, 0.15) is 29.8 Å². The molecule has 0 aliphatic rings. The highest BCUT2D eigenvalue weighted by atomic mass is 16.5. The van der Waals surface area contributed by atoms with Gasteiger partial charge in [0.2, 0.25) is 5.91 Å². The van der Waals surface area contributed by atoms with E-state index in [9.17, 15) is 9.59 Å². The van der Waals surface area contributed by atoms with E-state index in [1.54, 1.807) is 37.4 Å². The molecule has 0 saturated heterocycles. The van der Waals surface area contributed by atoms with Gasteiger partial charge in [0, 0.05) is 11.6 Å². The van der Waals surface area contributed by atoms with Gasteiger partial charge in [-0.25, -0.2) is 0 Å². The van der Waals surface area contributed by atoms with E-state index in [-0.39, 0.29) is 17.7 Å². The van der Waals surface area contributed by atoms with Crippen molar-refractivity contribution in [1.29, 1.82) is 0 Å². The summed E-state index contributed by atoms with van der Waals surface area (Å²) in [6.45, 7) is 5.62. The zero-order chi connectivity index (χ0) is 20.0. The Kier molecular flexibility index (Phi) is 6.82. The lowest BCUT2D eigenvalue weighted by Crippen LogP contribution is -2.47. The average molecular weight is 370 g/mol. The summed E-state index contributed by atoms with van der Waals surface area (Å²) in [5.74, 6) is 0.403. The van der Waals surface area contributed by atoms with E-state index in [1.807, 2.05) is 32.9 Å². The number of carbonyl (C=O) groups excluding carboxylic acids is 2. The van der Waals surface area contributed by atoms with Crippen LogP contribution in [0.4, 0.5) is 5.69 Å². The summed E-state index contributed by atoms with van der Waals surface area (Å²) in [5.41, 5.74) is 1.89. The highest BCUT2D eigenvalue weighted by Crippen LogP contribution is 2.29. The van der Waals surface area contributed by atoms with Crippen LogP contribution in [-0.4, -0.2) is 32.1 Å². The molecule has 6 nitrogen and oxygen atoms in total. The Morgan fingerprint density at radius 3 is 2.30 bits per heavy atom. The lowest BCUT2D eigenvalue weighted by molar-refractivity contribution is -0.118. The molecule has 2 N–H and O–H groups in total. The SMILES string of the molecule is COc1ccc(OC)c(NC(=O)[C@@H](NC(=O)c2ccccc2C)C(C)C)c1. The number of amides is 2. The molecule has 0 aliphatic carbocycles. The van der Waals surface area contributed by atoms with Gasteiger partial charge in [-0.2, -0.15) is 0 Å². The molecule has 2 aromatic carbocycles. The summed E-state index contributed by atoms with van der Waals surface area (Å²) in [6.07, 6.45) is 0. The van der Waals surface area contributed by atoms with Gasteiger partial charge in [0.05, 0.1) is 19.9 Å². The molecule has 0 saturated carbocycles. The average Bonchev–Trinajstić information content (AvgIpc) is 2.65. The molecular formula is C21H26N2O4. The van der Waals surface area contributed by atoms with E-state index in [0.29, 0.717) is 22.7 Å². The Bertz CT molecular complexity index is 818. The van der Waals surface area contributed by atoms with E-state index in [4.69, 9.17) is 9.47 Å². The van der Waals surface area contributed by atoms with Crippen molar-refractivity contribution in [2.24, 2.45) is 5.92 Å². The fraction of sp³-hybridized carbons (Fsp3) is 0.333. The summed E-state index contributed by atoms with van der Waals surface area (Å²) in [6, 6.07) is 11.7. The topological polar surface area (TPSA) is 76.7 Å². The minimum atomic E-state index is -0.701. The third-order valence-corrected chi connectivity index (χ3v) is 4.29. The van der Waals surface area contributed by atoms with Crippen molar-refractivity contribution in [3.05, 3.63) is 53.6 Å². The van der Waals surface area contributed by atoms with Gasteiger partial charge in [0.15, 0.2) is 0 Å². The van der Waals surface area contributed by atoms with Crippen molar-refractivity contribution in [2.75, 3.05) is 19.5 Å². The van der Waals surface area contributed by atoms with Gasteiger partial charge in [-0.15, -0.1) is 0 Å². The minimum Gasteiger partial charge on any atom is -0.497 e. The molecule has 0 fully saturated rings. The highest BCUT2D eigenvalue weighted by molar-refractivity contribution is 6.02. The summed E-state index contributed by atoms with van der Waals surface area (Å²) in [7, 11) is 3.07. The van der Waals surface area contributed by atoms with Gasteiger partial charge >= 0.3 is 0 Å². The van der Waals surface area contributed by atoms with Crippen molar-refractivity contribution in [1.82, 2.24) is 5.32 Å². The number of hydrogen-bond donors (Lipinski definition) is 2. The highest BCUT2D eigenvalue weighted by Gasteiger charge is 2.26. The van der Waals surface area contributed by atoms with E-state index < -0.39 is 6.04 Å². The maximum absolute atomic E-state index is 12.9. The zero-order valence-corrected chi connectivity index (χ0v) is 16.3. The second kappa shape index (κ2) is 9.07. The normalized spacial score (nSPS) is 11.6. The molecule has 2 amide bonds. The van der Waals surface area contributed by atoms with Gasteiger partial charge in [0.25, 0.3) is 5.91 Å². The molecule has 0 unspecified atom stereocenters. The Morgan fingerprint density at radius 2 is 1.70 bits per heavy atom. The van der Waals surface area contributed by atoms with Crippen LogP contribution in [0.2, 0.25) is 0 Å². The molecule has 2 rings (SSSR count). The van der Waals surface area contributed by atoms with Crippen LogP contribution in [0.15, 0.2) is 42.5 Å². The predicted molar refractivity (Wildman–Crippen MR) is 105 cm³/mol. The lowest BCUT2D eigenvalue weighted by Gasteiger charge is -2.23. The summed E-state index contributed by atoms with van der Waals surface area (Å²) >= 11 is 0. The van der Waals surface area contributed by atoms with E-state index in [1.165, 1.54) is 7.11 Å². The smallest absolute Gasteiger partial charge is 0.252 e. The molecule has 0 heterocycles. The lowest BCUT2D eigenvalue weighted by atomic mass is 10.0. The number of carbonyl (C=O) groups is 2. The van der Waals surface area contributed by atoms with Gasteiger partial charge in [-0.3, -0.25) is 9.59 Å². The molecule has 1 atom stereocenters. The zero-order valence-electron chi connectivity index (χ0n) is 16.3. The first-order chi connectivity index (χ1) is 12.9. The monoisotopic (exact) mass is 370 g/mol. The van der Waals surface area contributed by atoms with Crippen molar-refractivity contribution in [3.63, 3.8) is 0 Å². The summed E-state index contributed by atoms with van der Waals surface area (Å²) in [5, 5.41) is 5.67. The summed E-state index contributed by atoms with van der Waals surface area (Å²) < 4.78 is 10.5. The first-order valence-electron chi connectivity index (χ1n) is 8.76. The fourth-order valence-corrected chi connectivity index (χ4v) is 2.70. The number of anilines is 1. The predicted octanol–water partition coefficient (Wildman–Crippen LogP) is 3.41. The largest absolute Gasteiger partial charge is 0.497 e. The summed E-state index contributed by atoms with van der Waals surface area (Å²) in [4.78, 5) is 25.5. The third kappa shape index (κ3) is 5.00. The molecule has 0 radical (unpaired) electrons. The third-order valence-electron chi connectivity index (χ3n) is 4.29. The molecule has 0 aliphatic heterocycles. The second-order valence-electron chi connectivity index (χ2n) is 6.57. The first kappa shape index (κ1) is 20.3. The van der Waals surface area contributed by atoms with Crippen molar-refractivity contribution in [3.8, 4) is 11.5 Å². The Labute approximate surface area is 159 Å². The molecule has 2 aromatic rings. The number of hydrogen-bond acceptors (Lipinski definition) is 4. The molecule has 144 valence electrons. The molecule has 6 heteroatoms. The Morgan fingerprint density at radius 1 is 1.00 bits per heavy atom. The quantitative estimate of drug-likeness (QED) is 0.783. The Balaban J connectivity index is 2.21. The molecule has 27 heavy (non-hydrogen) atoms. The second-order valence-corrected chi connectivity index (χ2v) is 6.57. The van der Waals surface area contributed by atoms with Crippen LogP contribution in [-0.2, 0) is 4.79 Å². The van der Waals surface area contributed by atoms with Crippen molar-refractivity contribution >= 4 is 17.5 Å². The van der Waals surface area contributed by atoms with Crippen LogP contribution in [0.25, 0.3) is 0 Å². The fourth-order valence-electron chi connectivity index (χ4n) is 2.70. The molecule has 0 aromatic heterocycles. The van der Waals surface area contributed by atoms with Crippen LogP contribution >= 0.6 is 0 Å². The molecule has 0 bridgehead atoms. The number of ether oxygens (including phenoxy) is 2. The number of nitrogens with one attached hydrogen (secondary N) is 2. The maximum atomic E-state index is 12.9. The van der Waals surface area contributed by atoms with Gasteiger partial charge in [-0.05, 0) is 36.6 Å². The van der Waals surface area contributed by atoms with Crippen molar-refractivity contribution in [2.45, 2.75) is 26.8 Å².